The molecular formula is C29H33Cl2F2N3O2. The van der Waals surface area contributed by atoms with Crippen molar-refractivity contribution in [2.24, 2.45) is 11.8 Å². The van der Waals surface area contributed by atoms with Crippen molar-refractivity contribution >= 4 is 35.0 Å². The summed E-state index contributed by atoms with van der Waals surface area (Å²) in [7, 11) is 1.67. The molecule has 0 bridgehead atoms. The van der Waals surface area contributed by atoms with Crippen LogP contribution in [0.1, 0.15) is 42.7 Å². The second kappa shape index (κ2) is 11.5. The highest BCUT2D eigenvalue weighted by atomic mass is 35.5. The fraction of sp³-hybridized carbons (Fsp3) is 0.517. The van der Waals surface area contributed by atoms with Gasteiger partial charge in [0.1, 0.15) is 0 Å². The molecule has 204 valence electrons. The van der Waals surface area contributed by atoms with Crippen molar-refractivity contribution < 1.29 is 18.4 Å². The van der Waals surface area contributed by atoms with Crippen LogP contribution in [0.15, 0.2) is 36.4 Å². The molecule has 2 amide bonds. The van der Waals surface area contributed by atoms with Crippen LogP contribution >= 0.6 is 23.2 Å². The zero-order valence-electron chi connectivity index (χ0n) is 21.5. The summed E-state index contributed by atoms with van der Waals surface area (Å²) in [5.41, 5.74) is 0.896. The van der Waals surface area contributed by atoms with E-state index in [0.717, 1.165) is 50.0 Å². The van der Waals surface area contributed by atoms with Crippen LogP contribution in [0.2, 0.25) is 10.0 Å². The highest BCUT2D eigenvalue weighted by molar-refractivity contribution is 6.42. The third-order valence-corrected chi connectivity index (χ3v) is 9.13. The third-order valence-electron chi connectivity index (χ3n) is 8.39. The first kappa shape index (κ1) is 27.4. The van der Waals surface area contributed by atoms with Gasteiger partial charge in [-0.1, -0.05) is 41.4 Å². The zero-order valence-corrected chi connectivity index (χ0v) is 23.0. The maximum atomic E-state index is 14.3. The van der Waals surface area contributed by atoms with E-state index in [1.54, 1.807) is 24.1 Å². The Morgan fingerprint density at radius 1 is 1.00 bits per heavy atom. The van der Waals surface area contributed by atoms with E-state index < -0.39 is 11.6 Å². The second-order valence-corrected chi connectivity index (χ2v) is 11.8. The minimum absolute atomic E-state index is 0.0109. The molecular weight excluding hydrogens is 531 g/mol. The smallest absolute Gasteiger partial charge is 0.227 e. The molecule has 2 unspecified atom stereocenters. The molecule has 2 heterocycles. The van der Waals surface area contributed by atoms with Crippen molar-refractivity contribution in [1.82, 2.24) is 14.7 Å². The highest BCUT2D eigenvalue weighted by Gasteiger charge is 2.42. The molecule has 2 saturated heterocycles. The summed E-state index contributed by atoms with van der Waals surface area (Å²) in [6, 6.07) is 8.89. The van der Waals surface area contributed by atoms with Crippen molar-refractivity contribution in [2.75, 3.05) is 39.8 Å². The lowest BCUT2D eigenvalue weighted by atomic mass is 9.93. The molecule has 0 spiro atoms. The summed E-state index contributed by atoms with van der Waals surface area (Å²) < 4.78 is 28.0. The molecule has 0 aromatic heterocycles. The Morgan fingerprint density at radius 3 is 2.42 bits per heavy atom. The molecule has 38 heavy (non-hydrogen) atoms. The Kier molecular flexibility index (Phi) is 8.27. The topological polar surface area (TPSA) is 43.9 Å². The lowest BCUT2D eigenvalue weighted by Crippen LogP contribution is -2.45. The number of carbonyl (C=O) groups excluding carboxylic acids is 2. The molecule has 1 saturated carbocycles. The molecule has 3 aliphatic rings. The average molecular weight is 565 g/mol. The number of hydrogen-bond donors (Lipinski definition) is 0. The summed E-state index contributed by atoms with van der Waals surface area (Å²) in [6.45, 7) is 3.86. The minimum atomic E-state index is -1.01. The number of nitrogens with zero attached hydrogens (tertiary/aromatic N) is 3. The highest BCUT2D eigenvalue weighted by Crippen LogP contribution is 2.36. The van der Waals surface area contributed by atoms with Gasteiger partial charge in [-0.3, -0.25) is 9.59 Å². The number of hydrogen-bond acceptors (Lipinski definition) is 3. The van der Waals surface area contributed by atoms with E-state index >= 15 is 0 Å². The van der Waals surface area contributed by atoms with Crippen LogP contribution in [-0.2, 0) is 16.0 Å². The molecule has 0 N–H and O–H groups in total. The molecule has 9 heteroatoms. The Labute approximate surface area is 232 Å². The van der Waals surface area contributed by atoms with Crippen LogP contribution in [0.3, 0.4) is 0 Å². The van der Waals surface area contributed by atoms with Crippen LogP contribution in [-0.4, -0.2) is 72.3 Å². The van der Waals surface area contributed by atoms with Gasteiger partial charge in [-0.05, 0) is 68.5 Å². The summed E-state index contributed by atoms with van der Waals surface area (Å²) >= 11 is 12.5. The summed E-state index contributed by atoms with van der Waals surface area (Å²) in [5.74, 6) is -1.58. The van der Waals surface area contributed by atoms with E-state index in [1.807, 2.05) is 11.0 Å². The standard InChI is InChI=1S/C29H33Cl2F2N3O2/c1-34(27(37)14-21-3-2-4-25(32)28(21)33)26-17-36(16-22(26)20-7-8-23(30)24(31)13-20)29(38)19-9-11-35(12-10-19)15-18-5-6-18/h2-4,7-8,13,18-19,22,26H,5-6,9-12,14-17H2,1H3. The normalized spacial score (nSPS) is 22.6. The molecule has 2 atom stereocenters. The van der Waals surface area contributed by atoms with Gasteiger partial charge < -0.3 is 14.7 Å². The fourth-order valence-electron chi connectivity index (χ4n) is 5.87. The van der Waals surface area contributed by atoms with Crippen LogP contribution in [0, 0.1) is 23.5 Å². The summed E-state index contributed by atoms with van der Waals surface area (Å²) in [4.78, 5) is 32.8. The average Bonchev–Trinajstić information content (AvgIpc) is 3.61. The first-order valence-electron chi connectivity index (χ1n) is 13.4. The first-order valence-corrected chi connectivity index (χ1v) is 14.1. The van der Waals surface area contributed by atoms with E-state index in [2.05, 4.69) is 4.90 Å². The van der Waals surface area contributed by atoms with Crippen LogP contribution in [0.5, 0.6) is 0 Å². The number of likely N-dealkylation sites (tertiary alicyclic amines) is 2. The maximum Gasteiger partial charge on any atom is 0.227 e. The molecule has 2 aromatic carbocycles. The van der Waals surface area contributed by atoms with E-state index in [1.165, 1.54) is 25.0 Å². The van der Waals surface area contributed by atoms with Gasteiger partial charge in [-0.25, -0.2) is 8.78 Å². The van der Waals surface area contributed by atoms with Crippen molar-refractivity contribution in [3.8, 4) is 0 Å². The van der Waals surface area contributed by atoms with Gasteiger partial charge in [0, 0.05) is 44.1 Å². The number of halogens is 4. The predicted octanol–water partition coefficient (Wildman–Crippen LogP) is 5.39. The Balaban J connectivity index is 1.31. The van der Waals surface area contributed by atoms with E-state index in [4.69, 9.17) is 23.2 Å². The number of amides is 2. The van der Waals surface area contributed by atoms with Gasteiger partial charge in [-0.2, -0.15) is 0 Å². The number of rotatable bonds is 7. The zero-order chi connectivity index (χ0) is 27.0. The van der Waals surface area contributed by atoms with Crippen molar-refractivity contribution in [1.29, 1.82) is 0 Å². The lowest BCUT2D eigenvalue weighted by molar-refractivity contribution is -0.137. The molecule has 3 fully saturated rings. The van der Waals surface area contributed by atoms with Gasteiger partial charge in [0.15, 0.2) is 11.6 Å². The fourth-order valence-corrected chi connectivity index (χ4v) is 6.18. The number of benzene rings is 2. The predicted molar refractivity (Wildman–Crippen MR) is 144 cm³/mol. The molecule has 5 rings (SSSR count). The van der Waals surface area contributed by atoms with Crippen LogP contribution in [0.25, 0.3) is 0 Å². The van der Waals surface area contributed by atoms with Gasteiger partial charge >= 0.3 is 0 Å². The van der Waals surface area contributed by atoms with E-state index in [9.17, 15) is 18.4 Å². The number of piperidine rings is 1. The molecule has 2 aliphatic heterocycles. The Morgan fingerprint density at radius 2 is 1.74 bits per heavy atom. The Hall–Kier alpha value is -2.22. The van der Waals surface area contributed by atoms with E-state index in [0.29, 0.717) is 23.1 Å². The van der Waals surface area contributed by atoms with Crippen molar-refractivity contribution in [3.05, 3.63) is 69.2 Å². The van der Waals surface area contributed by atoms with Crippen LogP contribution in [0.4, 0.5) is 8.78 Å². The molecule has 1 aliphatic carbocycles. The van der Waals surface area contributed by atoms with Gasteiger partial charge in [0.2, 0.25) is 11.8 Å². The monoisotopic (exact) mass is 563 g/mol. The lowest BCUT2D eigenvalue weighted by Gasteiger charge is -2.33. The number of likely N-dealkylation sites (N-methyl/N-ethyl adjacent to an activating group) is 1. The number of carbonyl (C=O) groups is 2. The van der Waals surface area contributed by atoms with Gasteiger partial charge in [-0.15, -0.1) is 0 Å². The second-order valence-electron chi connectivity index (χ2n) is 11.0. The molecule has 2 aromatic rings. The van der Waals surface area contributed by atoms with Gasteiger partial charge in [0.25, 0.3) is 0 Å². The maximum absolute atomic E-state index is 14.3. The van der Waals surface area contributed by atoms with E-state index in [-0.39, 0.29) is 41.7 Å². The first-order chi connectivity index (χ1) is 18.2. The summed E-state index contributed by atoms with van der Waals surface area (Å²) in [6.07, 6.45) is 4.07. The molecule has 0 radical (unpaired) electrons. The quantitative estimate of drug-likeness (QED) is 0.453. The minimum Gasteiger partial charge on any atom is -0.340 e. The van der Waals surface area contributed by atoms with Crippen LogP contribution < -0.4 is 0 Å². The Bertz CT molecular complexity index is 1200. The SMILES string of the molecule is CN(C(=O)Cc1cccc(F)c1F)C1CN(C(=O)C2CCN(CC3CC3)CC2)CC1c1ccc(Cl)c(Cl)c1. The molecule has 5 nitrogen and oxygen atoms in total. The van der Waals surface area contributed by atoms with Crippen molar-refractivity contribution in [3.63, 3.8) is 0 Å². The third kappa shape index (κ3) is 6.00. The largest absolute Gasteiger partial charge is 0.340 e. The summed E-state index contributed by atoms with van der Waals surface area (Å²) in [5, 5.41) is 0.841. The van der Waals surface area contributed by atoms with Crippen molar-refractivity contribution in [2.45, 2.75) is 44.1 Å². The van der Waals surface area contributed by atoms with Gasteiger partial charge in [0.05, 0.1) is 22.5 Å².